The van der Waals surface area contributed by atoms with Gasteiger partial charge in [-0.1, -0.05) is 0 Å². The summed E-state index contributed by atoms with van der Waals surface area (Å²) in [6, 6.07) is 0.534. The first-order chi connectivity index (χ1) is 11.3. The molecule has 2 atom stereocenters. The number of rotatable bonds is 2. The van der Waals surface area contributed by atoms with Crippen LogP contribution in [0.3, 0.4) is 0 Å². The standard InChI is InChI=1S/C18H29N3O3/c1-12-9-19-21(15-10-23-11-15)16(12)14-6-7-20(13(2)8-14)17(22)24-18(3,4)5/h9,13-15H,6-8,10-11H2,1-5H3/t13-,14?/m1/s1. The molecule has 0 aromatic carbocycles. The van der Waals surface area contributed by atoms with Crippen LogP contribution in [-0.4, -0.2) is 52.2 Å². The number of piperidine rings is 1. The first-order valence-electron chi connectivity index (χ1n) is 8.87. The van der Waals surface area contributed by atoms with Gasteiger partial charge >= 0.3 is 6.09 Å². The number of likely N-dealkylation sites (tertiary alicyclic amines) is 1. The van der Waals surface area contributed by atoms with E-state index in [1.807, 2.05) is 31.9 Å². The van der Waals surface area contributed by atoms with Crippen LogP contribution in [0.1, 0.15) is 63.8 Å². The molecule has 24 heavy (non-hydrogen) atoms. The van der Waals surface area contributed by atoms with E-state index in [1.165, 1.54) is 11.3 Å². The molecule has 6 heteroatoms. The molecule has 0 aliphatic carbocycles. The molecule has 1 unspecified atom stereocenters. The first kappa shape index (κ1) is 17.3. The van der Waals surface area contributed by atoms with Crippen LogP contribution in [-0.2, 0) is 9.47 Å². The van der Waals surface area contributed by atoms with Crippen LogP contribution in [0.4, 0.5) is 4.79 Å². The molecule has 6 nitrogen and oxygen atoms in total. The summed E-state index contributed by atoms with van der Waals surface area (Å²) in [5.41, 5.74) is 2.11. The Kier molecular flexibility index (Phi) is 4.60. The number of hydrogen-bond donors (Lipinski definition) is 0. The molecule has 2 aliphatic rings. The number of carbonyl (C=O) groups is 1. The molecule has 2 saturated heterocycles. The van der Waals surface area contributed by atoms with Crippen LogP contribution in [0.2, 0.25) is 0 Å². The van der Waals surface area contributed by atoms with Gasteiger partial charge in [-0.3, -0.25) is 4.68 Å². The molecule has 1 aromatic heterocycles. The van der Waals surface area contributed by atoms with Gasteiger partial charge in [0.2, 0.25) is 0 Å². The van der Waals surface area contributed by atoms with Gasteiger partial charge in [0, 0.05) is 24.2 Å². The summed E-state index contributed by atoms with van der Waals surface area (Å²) in [5.74, 6) is 0.432. The van der Waals surface area contributed by atoms with Crippen molar-refractivity contribution < 1.29 is 14.3 Å². The van der Waals surface area contributed by atoms with Gasteiger partial charge in [-0.25, -0.2) is 4.79 Å². The smallest absolute Gasteiger partial charge is 0.410 e. The molecule has 0 N–H and O–H groups in total. The number of carbonyl (C=O) groups excluding carboxylic acids is 1. The molecule has 3 heterocycles. The molecule has 1 amide bonds. The van der Waals surface area contributed by atoms with E-state index in [2.05, 4.69) is 23.6 Å². The Morgan fingerprint density at radius 1 is 1.38 bits per heavy atom. The second-order valence-electron chi connectivity index (χ2n) is 8.09. The number of ether oxygens (including phenoxy) is 2. The van der Waals surface area contributed by atoms with E-state index in [0.29, 0.717) is 12.0 Å². The molecule has 0 spiro atoms. The van der Waals surface area contributed by atoms with Crippen LogP contribution < -0.4 is 0 Å². The quantitative estimate of drug-likeness (QED) is 0.832. The lowest BCUT2D eigenvalue weighted by atomic mass is 9.87. The summed E-state index contributed by atoms with van der Waals surface area (Å²) < 4.78 is 13.0. The molecule has 134 valence electrons. The summed E-state index contributed by atoms with van der Waals surface area (Å²) in [5, 5.41) is 4.57. The largest absolute Gasteiger partial charge is 0.444 e. The highest BCUT2D eigenvalue weighted by Crippen LogP contribution is 2.35. The van der Waals surface area contributed by atoms with E-state index in [-0.39, 0.29) is 12.1 Å². The van der Waals surface area contributed by atoms with Crippen LogP contribution >= 0.6 is 0 Å². The Bertz CT molecular complexity index is 601. The van der Waals surface area contributed by atoms with Crippen LogP contribution in [0.25, 0.3) is 0 Å². The van der Waals surface area contributed by atoms with Gasteiger partial charge in [0.1, 0.15) is 5.60 Å². The van der Waals surface area contributed by atoms with Crippen LogP contribution in [0.15, 0.2) is 6.20 Å². The number of nitrogens with zero attached hydrogens (tertiary/aromatic N) is 3. The molecule has 2 fully saturated rings. The second kappa shape index (κ2) is 6.39. The lowest BCUT2D eigenvalue weighted by Crippen LogP contribution is -2.46. The van der Waals surface area contributed by atoms with Gasteiger partial charge in [0.15, 0.2) is 0 Å². The number of aryl methyl sites for hydroxylation is 1. The van der Waals surface area contributed by atoms with E-state index in [1.54, 1.807) is 0 Å². The number of hydrogen-bond acceptors (Lipinski definition) is 4. The minimum atomic E-state index is -0.451. The molecule has 1 aromatic rings. The highest BCUT2D eigenvalue weighted by Gasteiger charge is 2.35. The predicted molar refractivity (Wildman–Crippen MR) is 91.2 cm³/mol. The van der Waals surface area contributed by atoms with E-state index in [9.17, 15) is 4.79 Å². The molecule has 3 rings (SSSR count). The minimum Gasteiger partial charge on any atom is -0.444 e. The highest BCUT2D eigenvalue weighted by molar-refractivity contribution is 5.68. The van der Waals surface area contributed by atoms with Crippen LogP contribution in [0.5, 0.6) is 0 Å². The van der Waals surface area contributed by atoms with Crippen molar-refractivity contribution in [2.75, 3.05) is 19.8 Å². The summed E-state index contributed by atoms with van der Waals surface area (Å²) in [4.78, 5) is 14.2. The van der Waals surface area contributed by atoms with Gasteiger partial charge in [-0.05, 0) is 53.0 Å². The maximum atomic E-state index is 12.4. The van der Waals surface area contributed by atoms with Crippen molar-refractivity contribution >= 4 is 6.09 Å². The first-order valence-corrected chi connectivity index (χ1v) is 8.87. The maximum absolute atomic E-state index is 12.4. The highest BCUT2D eigenvalue weighted by atomic mass is 16.6. The second-order valence-corrected chi connectivity index (χ2v) is 8.09. The molecular formula is C18H29N3O3. The van der Waals surface area contributed by atoms with Crippen molar-refractivity contribution in [2.45, 2.75) is 71.1 Å². The fourth-order valence-corrected chi connectivity index (χ4v) is 3.63. The average molecular weight is 335 g/mol. The van der Waals surface area contributed by atoms with Gasteiger partial charge in [-0.2, -0.15) is 5.10 Å². The summed E-state index contributed by atoms with van der Waals surface area (Å²) in [6.45, 7) is 12.2. The van der Waals surface area contributed by atoms with Crippen molar-refractivity contribution in [2.24, 2.45) is 0 Å². The normalized spacial score (nSPS) is 25.5. The lowest BCUT2D eigenvalue weighted by Gasteiger charge is -2.39. The van der Waals surface area contributed by atoms with Gasteiger partial charge < -0.3 is 14.4 Å². The van der Waals surface area contributed by atoms with E-state index < -0.39 is 5.60 Å². The molecular weight excluding hydrogens is 306 g/mol. The van der Waals surface area contributed by atoms with Crippen molar-refractivity contribution in [3.05, 3.63) is 17.5 Å². The summed E-state index contributed by atoms with van der Waals surface area (Å²) >= 11 is 0. The Hall–Kier alpha value is -1.56. The third-order valence-electron chi connectivity index (χ3n) is 4.88. The third-order valence-corrected chi connectivity index (χ3v) is 4.88. The fraction of sp³-hybridized carbons (Fsp3) is 0.778. The zero-order valence-electron chi connectivity index (χ0n) is 15.4. The van der Waals surface area contributed by atoms with E-state index in [4.69, 9.17) is 9.47 Å². The fourth-order valence-electron chi connectivity index (χ4n) is 3.63. The van der Waals surface area contributed by atoms with Crippen molar-refractivity contribution in [1.82, 2.24) is 14.7 Å². The summed E-state index contributed by atoms with van der Waals surface area (Å²) in [6.07, 6.45) is 3.65. The van der Waals surface area contributed by atoms with Gasteiger partial charge in [-0.15, -0.1) is 0 Å². The van der Waals surface area contributed by atoms with E-state index in [0.717, 1.165) is 32.6 Å². The molecule has 0 saturated carbocycles. The Morgan fingerprint density at radius 3 is 2.62 bits per heavy atom. The number of amides is 1. The Labute approximate surface area is 144 Å². The van der Waals surface area contributed by atoms with Gasteiger partial charge in [0.25, 0.3) is 0 Å². The zero-order valence-corrected chi connectivity index (χ0v) is 15.4. The monoisotopic (exact) mass is 335 g/mol. The SMILES string of the molecule is Cc1cnn(C2COC2)c1C1CCN(C(=O)OC(C)(C)C)[C@H](C)C1. The molecule has 0 bridgehead atoms. The van der Waals surface area contributed by atoms with Crippen LogP contribution in [0, 0.1) is 6.92 Å². The topological polar surface area (TPSA) is 56.6 Å². The van der Waals surface area contributed by atoms with Crippen molar-refractivity contribution in [1.29, 1.82) is 0 Å². The summed E-state index contributed by atoms with van der Waals surface area (Å²) in [7, 11) is 0. The third kappa shape index (κ3) is 3.43. The lowest BCUT2D eigenvalue weighted by molar-refractivity contribution is -0.0310. The number of aromatic nitrogens is 2. The zero-order chi connectivity index (χ0) is 17.5. The molecule has 2 aliphatic heterocycles. The predicted octanol–water partition coefficient (Wildman–Crippen LogP) is 3.27. The minimum absolute atomic E-state index is 0.166. The maximum Gasteiger partial charge on any atom is 0.410 e. The molecule has 0 radical (unpaired) electrons. The Morgan fingerprint density at radius 2 is 2.08 bits per heavy atom. The van der Waals surface area contributed by atoms with Crippen molar-refractivity contribution in [3.63, 3.8) is 0 Å². The van der Waals surface area contributed by atoms with E-state index >= 15 is 0 Å². The Balaban J connectivity index is 1.70. The van der Waals surface area contributed by atoms with Crippen molar-refractivity contribution in [3.8, 4) is 0 Å². The average Bonchev–Trinajstić information content (AvgIpc) is 2.76. The van der Waals surface area contributed by atoms with Gasteiger partial charge in [0.05, 0.1) is 25.5 Å².